The van der Waals surface area contributed by atoms with Crippen LogP contribution in [0.3, 0.4) is 0 Å². The molecule has 0 unspecified atom stereocenters. The first kappa shape index (κ1) is 17.4. The van der Waals surface area contributed by atoms with Crippen molar-refractivity contribution in [3.63, 3.8) is 0 Å². The molecule has 0 amide bonds. The smallest absolute Gasteiger partial charge is 0.180 e. The average molecular weight is 360 g/mol. The van der Waals surface area contributed by atoms with Gasteiger partial charge in [-0.25, -0.2) is 8.42 Å². The number of rotatable bonds is 5. The van der Waals surface area contributed by atoms with Crippen LogP contribution >= 0.6 is 0 Å². The number of aryl methyl sites for hydroxylation is 2. The van der Waals surface area contributed by atoms with Gasteiger partial charge in [-0.05, 0) is 44.5 Å². The molecule has 3 rings (SSSR count). The predicted molar refractivity (Wildman–Crippen MR) is 97.0 cm³/mol. The number of aromatic nitrogens is 3. The minimum atomic E-state index is -3.55. The molecule has 2 heterocycles. The Morgan fingerprint density at radius 2 is 2.00 bits per heavy atom. The van der Waals surface area contributed by atoms with E-state index in [9.17, 15) is 8.42 Å². The molecule has 132 valence electrons. The highest BCUT2D eigenvalue weighted by atomic mass is 32.2. The van der Waals surface area contributed by atoms with Crippen LogP contribution in [-0.2, 0) is 9.84 Å². The number of sulfone groups is 1. The van der Waals surface area contributed by atoms with Crippen LogP contribution in [0, 0.1) is 20.8 Å². The quantitative estimate of drug-likeness (QED) is 0.645. The number of aromatic amines is 1. The molecule has 8 heteroatoms. The largest absolute Gasteiger partial charge is 0.395 e. The summed E-state index contributed by atoms with van der Waals surface area (Å²) in [6, 6.07) is 5.14. The Labute approximate surface area is 146 Å². The van der Waals surface area contributed by atoms with Gasteiger partial charge < -0.3 is 10.4 Å². The van der Waals surface area contributed by atoms with Crippen LogP contribution in [0.25, 0.3) is 10.9 Å². The molecule has 0 saturated carbocycles. The Morgan fingerprint density at radius 1 is 1.24 bits per heavy atom. The average Bonchev–Trinajstić information content (AvgIpc) is 2.86. The zero-order valence-electron chi connectivity index (χ0n) is 14.3. The summed E-state index contributed by atoms with van der Waals surface area (Å²) in [7, 11) is -3.55. The van der Waals surface area contributed by atoms with Gasteiger partial charge in [0.25, 0.3) is 0 Å². The summed E-state index contributed by atoms with van der Waals surface area (Å²) in [5, 5.41) is 20.1. The van der Waals surface area contributed by atoms with Crippen molar-refractivity contribution < 1.29 is 13.5 Å². The Balaban J connectivity index is 2.15. The first-order valence-electron chi connectivity index (χ1n) is 7.85. The maximum absolute atomic E-state index is 12.4. The summed E-state index contributed by atoms with van der Waals surface area (Å²) >= 11 is 0. The van der Waals surface area contributed by atoms with Crippen molar-refractivity contribution in [2.45, 2.75) is 25.7 Å². The van der Waals surface area contributed by atoms with E-state index in [2.05, 4.69) is 20.5 Å². The maximum atomic E-state index is 12.4. The lowest BCUT2D eigenvalue weighted by Crippen LogP contribution is -2.11. The second-order valence-electron chi connectivity index (χ2n) is 5.98. The highest BCUT2D eigenvalue weighted by Crippen LogP contribution is 2.30. The molecule has 0 bridgehead atoms. The zero-order chi connectivity index (χ0) is 18.2. The second kappa shape index (κ2) is 6.45. The van der Waals surface area contributed by atoms with E-state index < -0.39 is 16.4 Å². The number of pyridine rings is 1. The molecule has 3 aromatic rings. The van der Waals surface area contributed by atoms with E-state index in [4.69, 9.17) is 5.11 Å². The summed E-state index contributed by atoms with van der Waals surface area (Å²) in [5.74, 6) is 0.380. The zero-order valence-corrected chi connectivity index (χ0v) is 15.1. The summed E-state index contributed by atoms with van der Waals surface area (Å²) in [4.78, 5) is 4.54. The molecule has 0 aliphatic rings. The van der Waals surface area contributed by atoms with Crippen LogP contribution in [0.4, 0.5) is 11.5 Å². The molecular weight excluding hydrogens is 340 g/mol. The van der Waals surface area contributed by atoms with Crippen LogP contribution in [-0.4, -0.2) is 41.1 Å². The molecule has 0 atom stereocenters. The lowest BCUT2D eigenvalue weighted by Gasteiger charge is -2.12. The molecule has 2 aromatic heterocycles. The lowest BCUT2D eigenvalue weighted by molar-refractivity contribution is 0.319. The first-order valence-corrected chi connectivity index (χ1v) is 9.50. The van der Waals surface area contributed by atoms with Gasteiger partial charge in [-0.2, -0.15) is 5.10 Å². The second-order valence-corrected chi connectivity index (χ2v) is 8.06. The fourth-order valence-corrected chi connectivity index (χ4v) is 3.99. The van der Waals surface area contributed by atoms with Crippen molar-refractivity contribution in [1.82, 2.24) is 15.2 Å². The Bertz CT molecular complexity index is 1040. The van der Waals surface area contributed by atoms with Gasteiger partial charge in [-0.15, -0.1) is 0 Å². The van der Waals surface area contributed by atoms with Crippen molar-refractivity contribution in [1.29, 1.82) is 0 Å². The number of nitrogens with one attached hydrogen (secondary N) is 2. The normalized spacial score (nSPS) is 11.8. The van der Waals surface area contributed by atoms with Gasteiger partial charge >= 0.3 is 0 Å². The van der Waals surface area contributed by atoms with Gasteiger partial charge in [-0.3, -0.25) is 10.1 Å². The molecule has 0 aliphatic heterocycles. The third-order valence-electron chi connectivity index (χ3n) is 4.24. The van der Waals surface area contributed by atoms with Crippen molar-refractivity contribution in [2.24, 2.45) is 0 Å². The number of fused-ring (bicyclic) bond motifs is 1. The number of anilines is 2. The van der Waals surface area contributed by atoms with Crippen molar-refractivity contribution in [3.8, 4) is 0 Å². The van der Waals surface area contributed by atoms with E-state index in [1.165, 1.54) is 0 Å². The first-order chi connectivity index (χ1) is 11.8. The van der Waals surface area contributed by atoms with E-state index in [-0.39, 0.29) is 10.6 Å². The third-order valence-corrected chi connectivity index (χ3v) is 6.07. The van der Waals surface area contributed by atoms with Crippen molar-refractivity contribution >= 4 is 32.2 Å². The van der Waals surface area contributed by atoms with Crippen LogP contribution in [0.5, 0.6) is 0 Å². The van der Waals surface area contributed by atoms with E-state index in [1.807, 2.05) is 13.8 Å². The van der Waals surface area contributed by atoms with Crippen molar-refractivity contribution in [2.75, 3.05) is 17.7 Å². The van der Waals surface area contributed by atoms with Gasteiger partial charge in [0.1, 0.15) is 0 Å². The molecule has 7 nitrogen and oxygen atoms in total. The minimum absolute atomic E-state index is 0.208. The Hall–Kier alpha value is -2.45. The topological polar surface area (TPSA) is 108 Å². The number of nitrogens with zero attached hydrogens (tertiary/aromatic N) is 2. The number of hydrogen-bond acceptors (Lipinski definition) is 6. The summed E-state index contributed by atoms with van der Waals surface area (Å²) in [6.07, 6.45) is 1.67. The SMILES string of the molecule is Cc1cc2nccc(Nc3n[nH]c(C)c3C)c2cc1S(=O)(=O)CCO. The van der Waals surface area contributed by atoms with Gasteiger partial charge in [-0.1, -0.05) is 0 Å². The molecule has 25 heavy (non-hydrogen) atoms. The van der Waals surface area contributed by atoms with Crippen molar-refractivity contribution in [3.05, 3.63) is 41.2 Å². The molecule has 0 aliphatic carbocycles. The summed E-state index contributed by atoms with van der Waals surface area (Å²) < 4.78 is 24.8. The minimum Gasteiger partial charge on any atom is -0.395 e. The van der Waals surface area contributed by atoms with Crippen LogP contribution in [0.15, 0.2) is 29.3 Å². The molecule has 0 radical (unpaired) electrons. The molecule has 3 N–H and O–H groups in total. The van der Waals surface area contributed by atoms with Gasteiger partial charge in [0.05, 0.1) is 28.5 Å². The lowest BCUT2D eigenvalue weighted by atomic mass is 10.1. The van der Waals surface area contributed by atoms with E-state index in [0.717, 1.165) is 16.9 Å². The van der Waals surface area contributed by atoms with E-state index in [0.29, 0.717) is 22.3 Å². The Kier molecular flexibility index (Phi) is 4.49. The third kappa shape index (κ3) is 3.22. The van der Waals surface area contributed by atoms with Gasteiger partial charge in [0.15, 0.2) is 15.7 Å². The van der Waals surface area contributed by atoms with E-state index >= 15 is 0 Å². The number of aliphatic hydroxyl groups is 1. The van der Waals surface area contributed by atoms with Gasteiger partial charge in [0, 0.05) is 22.8 Å². The number of H-pyrrole nitrogens is 1. The van der Waals surface area contributed by atoms with Crippen LogP contribution in [0.1, 0.15) is 16.8 Å². The van der Waals surface area contributed by atoms with Gasteiger partial charge in [0.2, 0.25) is 0 Å². The summed E-state index contributed by atoms with van der Waals surface area (Å²) in [5.41, 5.74) is 3.97. The fourth-order valence-electron chi connectivity index (χ4n) is 2.69. The standard InChI is InChI=1S/C17H20N4O3S/c1-10-8-15-13(9-16(10)25(23,24)7-6-22)14(4-5-18-15)19-17-11(2)12(3)20-21-17/h4-5,8-9,22H,6-7H2,1-3H3,(H2,18,19,20,21). The molecule has 1 aromatic carbocycles. The summed E-state index contributed by atoms with van der Waals surface area (Å²) in [6.45, 7) is 5.20. The number of hydrogen-bond donors (Lipinski definition) is 3. The maximum Gasteiger partial charge on any atom is 0.180 e. The number of benzene rings is 1. The van der Waals surface area contributed by atoms with Crippen LogP contribution in [0.2, 0.25) is 0 Å². The van der Waals surface area contributed by atoms with E-state index in [1.54, 1.807) is 31.3 Å². The number of aliphatic hydroxyl groups excluding tert-OH is 1. The highest BCUT2D eigenvalue weighted by Gasteiger charge is 2.19. The van der Waals surface area contributed by atoms with Crippen LogP contribution < -0.4 is 5.32 Å². The highest BCUT2D eigenvalue weighted by molar-refractivity contribution is 7.91. The predicted octanol–water partition coefficient (Wildman–Crippen LogP) is 2.39. The molecular formula is C17H20N4O3S. The molecule has 0 spiro atoms. The molecule has 0 fully saturated rings. The molecule has 0 saturated heterocycles. The fraction of sp³-hybridized carbons (Fsp3) is 0.294. The Morgan fingerprint density at radius 3 is 2.64 bits per heavy atom. The monoisotopic (exact) mass is 360 g/mol.